The molecule has 0 aliphatic rings. The SMILES string of the molecule is CCOC(=O)c1nc(C)n(C(C)c2cn[nH]c2)c1N. The Morgan fingerprint density at radius 1 is 1.63 bits per heavy atom. The molecule has 2 aromatic rings. The fraction of sp³-hybridized carbons (Fsp3) is 0.417. The van der Waals surface area contributed by atoms with E-state index in [1.54, 1.807) is 30.8 Å². The standard InChI is InChI=1S/C12H17N5O2/c1-4-19-12(18)10-11(13)17(8(3)16-10)7(2)9-5-14-15-6-9/h5-7H,4,13H2,1-3H3,(H,14,15). The Morgan fingerprint density at radius 2 is 2.37 bits per heavy atom. The molecule has 0 aromatic carbocycles. The number of hydrogen-bond acceptors (Lipinski definition) is 5. The number of carbonyl (C=O) groups is 1. The van der Waals surface area contributed by atoms with Crippen molar-refractivity contribution in [3.8, 4) is 0 Å². The Hall–Kier alpha value is -2.31. The van der Waals surface area contributed by atoms with Crippen molar-refractivity contribution in [3.05, 3.63) is 29.5 Å². The maximum atomic E-state index is 11.7. The maximum Gasteiger partial charge on any atom is 0.360 e. The van der Waals surface area contributed by atoms with Crippen molar-refractivity contribution in [3.63, 3.8) is 0 Å². The highest BCUT2D eigenvalue weighted by atomic mass is 16.5. The third-order valence-corrected chi connectivity index (χ3v) is 2.98. The molecule has 0 aliphatic carbocycles. The second-order valence-electron chi connectivity index (χ2n) is 4.19. The fourth-order valence-corrected chi connectivity index (χ4v) is 2.04. The minimum absolute atomic E-state index is 0.0607. The second-order valence-corrected chi connectivity index (χ2v) is 4.19. The first-order chi connectivity index (χ1) is 9.06. The van der Waals surface area contributed by atoms with Crippen LogP contribution in [-0.4, -0.2) is 32.3 Å². The molecule has 0 aliphatic heterocycles. The van der Waals surface area contributed by atoms with Crippen LogP contribution < -0.4 is 5.73 Å². The van der Waals surface area contributed by atoms with Crippen LogP contribution in [0.2, 0.25) is 0 Å². The molecule has 7 heteroatoms. The number of rotatable bonds is 4. The summed E-state index contributed by atoms with van der Waals surface area (Å²) < 4.78 is 6.72. The van der Waals surface area contributed by atoms with Gasteiger partial charge in [-0.2, -0.15) is 5.10 Å². The van der Waals surface area contributed by atoms with Crippen LogP contribution in [0.3, 0.4) is 0 Å². The predicted octanol–water partition coefficient (Wildman–Crippen LogP) is 1.28. The lowest BCUT2D eigenvalue weighted by molar-refractivity contribution is 0.0521. The van der Waals surface area contributed by atoms with Gasteiger partial charge in [-0.25, -0.2) is 9.78 Å². The number of imidazole rings is 1. The maximum absolute atomic E-state index is 11.7. The van der Waals surface area contributed by atoms with Gasteiger partial charge in [0.1, 0.15) is 11.6 Å². The van der Waals surface area contributed by atoms with E-state index in [0.717, 1.165) is 5.56 Å². The van der Waals surface area contributed by atoms with E-state index in [-0.39, 0.29) is 11.7 Å². The van der Waals surface area contributed by atoms with Gasteiger partial charge in [-0.1, -0.05) is 0 Å². The zero-order valence-electron chi connectivity index (χ0n) is 11.2. The Balaban J connectivity index is 2.39. The molecule has 0 radical (unpaired) electrons. The van der Waals surface area contributed by atoms with Crippen LogP contribution in [-0.2, 0) is 4.74 Å². The summed E-state index contributed by atoms with van der Waals surface area (Å²) >= 11 is 0. The summed E-state index contributed by atoms with van der Waals surface area (Å²) in [7, 11) is 0. The number of nitrogen functional groups attached to an aromatic ring is 1. The van der Waals surface area contributed by atoms with E-state index in [1.165, 1.54) is 0 Å². The van der Waals surface area contributed by atoms with E-state index >= 15 is 0 Å². The number of carbonyl (C=O) groups excluding carboxylic acids is 1. The van der Waals surface area contributed by atoms with Gasteiger partial charge in [0.15, 0.2) is 5.69 Å². The summed E-state index contributed by atoms with van der Waals surface area (Å²) in [6.45, 7) is 5.80. The average Bonchev–Trinajstić information content (AvgIpc) is 2.97. The molecule has 19 heavy (non-hydrogen) atoms. The van der Waals surface area contributed by atoms with Crippen LogP contribution in [0.15, 0.2) is 12.4 Å². The van der Waals surface area contributed by atoms with E-state index in [9.17, 15) is 4.79 Å². The van der Waals surface area contributed by atoms with Gasteiger partial charge in [0, 0.05) is 11.8 Å². The summed E-state index contributed by atoms with van der Waals surface area (Å²) in [5.74, 6) is 0.472. The lowest BCUT2D eigenvalue weighted by atomic mass is 10.2. The number of anilines is 1. The van der Waals surface area contributed by atoms with E-state index < -0.39 is 5.97 Å². The molecule has 0 saturated heterocycles. The van der Waals surface area contributed by atoms with Crippen LogP contribution in [0.5, 0.6) is 0 Å². The summed E-state index contributed by atoms with van der Waals surface area (Å²) in [4.78, 5) is 15.9. The van der Waals surface area contributed by atoms with Crippen molar-refractivity contribution in [1.82, 2.24) is 19.7 Å². The molecule has 0 saturated carbocycles. The third kappa shape index (κ3) is 2.31. The first-order valence-electron chi connectivity index (χ1n) is 6.06. The number of aromatic amines is 1. The van der Waals surface area contributed by atoms with Gasteiger partial charge >= 0.3 is 5.97 Å². The van der Waals surface area contributed by atoms with Gasteiger partial charge in [0.05, 0.1) is 18.8 Å². The van der Waals surface area contributed by atoms with Gasteiger partial charge < -0.3 is 15.0 Å². The Labute approximate surface area is 110 Å². The largest absolute Gasteiger partial charge is 0.461 e. The predicted molar refractivity (Wildman–Crippen MR) is 69.7 cm³/mol. The van der Waals surface area contributed by atoms with Gasteiger partial charge in [-0.3, -0.25) is 5.10 Å². The first kappa shape index (κ1) is 13.1. The van der Waals surface area contributed by atoms with Crippen molar-refractivity contribution < 1.29 is 9.53 Å². The van der Waals surface area contributed by atoms with Crippen molar-refractivity contribution in [2.24, 2.45) is 0 Å². The molecule has 3 N–H and O–H groups in total. The molecular formula is C12H17N5O2. The third-order valence-electron chi connectivity index (χ3n) is 2.98. The van der Waals surface area contributed by atoms with Crippen molar-refractivity contribution >= 4 is 11.8 Å². The molecule has 0 spiro atoms. The molecule has 2 heterocycles. The quantitative estimate of drug-likeness (QED) is 0.810. The number of nitrogens with one attached hydrogen (secondary N) is 1. The van der Waals surface area contributed by atoms with Gasteiger partial charge in [-0.15, -0.1) is 0 Å². The van der Waals surface area contributed by atoms with Crippen LogP contribution in [0.1, 0.15) is 41.8 Å². The van der Waals surface area contributed by atoms with Gasteiger partial charge in [-0.05, 0) is 20.8 Å². The Morgan fingerprint density at radius 3 is 2.95 bits per heavy atom. The zero-order chi connectivity index (χ0) is 14.0. The molecule has 0 amide bonds. The van der Waals surface area contributed by atoms with E-state index in [1.807, 2.05) is 6.92 Å². The molecule has 1 atom stereocenters. The zero-order valence-corrected chi connectivity index (χ0v) is 11.2. The average molecular weight is 263 g/mol. The smallest absolute Gasteiger partial charge is 0.360 e. The Kier molecular flexibility index (Phi) is 3.55. The van der Waals surface area contributed by atoms with Gasteiger partial charge in [0.2, 0.25) is 0 Å². The fourth-order valence-electron chi connectivity index (χ4n) is 2.04. The van der Waals surface area contributed by atoms with E-state index in [4.69, 9.17) is 10.5 Å². The van der Waals surface area contributed by atoms with Crippen LogP contribution >= 0.6 is 0 Å². The van der Waals surface area contributed by atoms with Crippen molar-refractivity contribution in [2.75, 3.05) is 12.3 Å². The number of esters is 1. The second kappa shape index (κ2) is 5.13. The monoisotopic (exact) mass is 263 g/mol. The minimum Gasteiger partial charge on any atom is -0.461 e. The molecule has 0 fully saturated rings. The normalized spacial score (nSPS) is 12.4. The number of aryl methyl sites for hydroxylation is 1. The topological polar surface area (TPSA) is 98.8 Å². The number of H-pyrrole nitrogens is 1. The Bertz CT molecular complexity index is 573. The van der Waals surface area contributed by atoms with E-state index in [2.05, 4.69) is 15.2 Å². The number of hydrogen-bond donors (Lipinski definition) is 2. The molecule has 2 aromatic heterocycles. The molecule has 0 bridgehead atoms. The number of nitrogens with zero attached hydrogens (tertiary/aromatic N) is 3. The van der Waals surface area contributed by atoms with Crippen LogP contribution in [0.25, 0.3) is 0 Å². The number of aromatic nitrogens is 4. The molecule has 102 valence electrons. The van der Waals surface area contributed by atoms with Gasteiger partial charge in [0.25, 0.3) is 0 Å². The first-order valence-corrected chi connectivity index (χ1v) is 6.06. The summed E-state index contributed by atoms with van der Waals surface area (Å²) in [6.07, 6.45) is 3.50. The summed E-state index contributed by atoms with van der Waals surface area (Å²) in [6, 6.07) is -0.0607. The number of ether oxygens (including phenoxy) is 1. The van der Waals surface area contributed by atoms with Crippen LogP contribution in [0.4, 0.5) is 5.82 Å². The van der Waals surface area contributed by atoms with Crippen molar-refractivity contribution in [2.45, 2.75) is 26.8 Å². The minimum atomic E-state index is -0.499. The lowest BCUT2D eigenvalue weighted by Crippen LogP contribution is -2.13. The molecule has 7 nitrogen and oxygen atoms in total. The highest BCUT2D eigenvalue weighted by Gasteiger charge is 2.23. The highest BCUT2D eigenvalue weighted by Crippen LogP contribution is 2.25. The summed E-state index contributed by atoms with van der Waals surface area (Å²) in [5, 5.41) is 6.66. The highest BCUT2D eigenvalue weighted by molar-refractivity contribution is 5.92. The summed E-state index contributed by atoms with van der Waals surface area (Å²) in [5.41, 5.74) is 7.13. The van der Waals surface area contributed by atoms with Crippen molar-refractivity contribution in [1.29, 1.82) is 0 Å². The van der Waals surface area contributed by atoms with Crippen LogP contribution in [0, 0.1) is 6.92 Å². The number of nitrogens with two attached hydrogens (primary N) is 1. The van der Waals surface area contributed by atoms with E-state index in [0.29, 0.717) is 18.2 Å². The lowest BCUT2D eigenvalue weighted by Gasteiger charge is -2.15. The molecular weight excluding hydrogens is 246 g/mol. The molecule has 2 rings (SSSR count). The molecule has 1 unspecified atom stereocenters.